The first-order valence-electron chi connectivity index (χ1n) is 6.19. The van der Waals surface area contributed by atoms with Crippen LogP contribution in [0.15, 0.2) is 6.07 Å². The Morgan fingerprint density at radius 2 is 2.06 bits per heavy atom. The number of benzene rings is 1. The average molecular weight is 253 g/mol. The molecule has 2 aliphatic rings. The summed E-state index contributed by atoms with van der Waals surface area (Å²) in [7, 11) is 0. The van der Waals surface area contributed by atoms with Crippen LogP contribution in [0.3, 0.4) is 0 Å². The number of aromatic hydroxyl groups is 1. The predicted octanol–water partition coefficient (Wildman–Crippen LogP) is 1.68. The highest BCUT2D eigenvalue weighted by atomic mass is 19.1. The van der Waals surface area contributed by atoms with Crippen molar-refractivity contribution in [2.75, 3.05) is 19.8 Å². The Bertz CT molecular complexity index is 480. The van der Waals surface area contributed by atoms with E-state index in [0.29, 0.717) is 31.1 Å². The lowest BCUT2D eigenvalue weighted by Crippen LogP contribution is -2.41. The summed E-state index contributed by atoms with van der Waals surface area (Å²) >= 11 is 0. The van der Waals surface area contributed by atoms with Crippen molar-refractivity contribution in [2.24, 2.45) is 5.73 Å². The highest BCUT2D eigenvalue weighted by Gasteiger charge is 2.41. The molecule has 3 rings (SSSR count). The van der Waals surface area contributed by atoms with Crippen LogP contribution in [0.2, 0.25) is 0 Å². The molecule has 0 radical (unpaired) electrons. The molecular weight excluding hydrogens is 237 g/mol. The summed E-state index contributed by atoms with van der Waals surface area (Å²) in [5, 5.41) is 10.0. The molecule has 0 unspecified atom stereocenters. The molecule has 1 aliphatic heterocycles. The molecule has 1 aliphatic carbocycles. The lowest BCUT2D eigenvalue weighted by molar-refractivity contribution is 0.159. The van der Waals surface area contributed by atoms with E-state index in [4.69, 9.17) is 15.2 Å². The highest BCUT2D eigenvalue weighted by Crippen LogP contribution is 2.50. The van der Waals surface area contributed by atoms with E-state index in [2.05, 4.69) is 0 Å². The van der Waals surface area contributed by atoms with Gasteiger partial charge in [-0.05, 0) is 18.9 Å². The molecule has 4 nitrogen and oxygen atoms in total. The summed E-state index contributed by atoms with van der Waals surface area (Å²) in [5.74, 6) is -0.702. The van der Waals surface area contributed by atoms with Gasteiger partial charge in [-0.1, -0.05) is 6.42 Å². The molecule has 18 heavy (non-hydrogen) atoms. The third kappa shape index (κ3) is 1.47. The molecule has 5 heteroatoms. The maximum absolute atomic E-state index is 14.1. The van der Waals surface area contributed by atoms with Gasteiger partial charge in [0.15, 0.2) is 11.5 Å². The predicted molar refractivity (Wildman–Crippen MR) is 63.6 cm³/mol. The Morgan fingerprint density at radius 3 is 2.67 bits per heavy atom. The Morgan fingerprint density at radius 1 is 1.33 bits per heavy atom. The fourth-order valence-electron chi connectivity index (χ4n) is 2.73. The second-order valence-corrected chi connectivity index (χ2v) is 4.95. The Labute approximate surface area is 105 Å². The summed E-state index contributed by atoms with van der Waals surface area (Å²) in [6.45, 7) is 1.09. The second-order valence-electron chi connectivity index (χ2n) is 4.95. The van der Waals surface area contributed by atoms with Crippen LogP contribution in [-0.4, -0.2) is 24.9 Å². The van der Waals surface area contributed by atoms with Gasteiger partial charge < -0.3 is 20.3 Å². The van der Waals surface area contributed by atoms with Crippen molar-refractivity contribution >= 4 is 0 Å². The Kier molecular flexibility index (Phi) is 2.59. The molecular formula is C13H16FNO3. The van der Waals surface area contributed by atoms with E-state index in [1.165, 1.54) is 0 Å². The van der Waals surface area contributed by atoms with Gasteiger partial charge in [0.1, 0.15) is 13.2 Å². The fraction of sp³-hybridized carbons (Fsp3) is 0.538. The van der Waals surface area contributed by atoms with Crippen LogP contribution in [0.5, 0.6) is 17.2 Å². The molecule has 0 aromatic heterocycles. The summed E-state index contributed by atoms with van der Waals surface area (Å²) < 4.78 is 24.7. The van der Waals surface area contributed by atoms with Crippen LogP contribution in [0, 0.1) is 5.82 Å². The van der Waals surface area contributed by atoms with Crippen LogP contribution in [-0.2, 0) is 5.41 Å². The zero-order chi connectivity index (χ0) is 12.8. The van der Waals surface area contributed by atoms with Crippen molar-refractivity contribution < 1.29 is 19.0 Å². The van der Waals surface area contributed by atoms with Crippen molar-refractivity contribution in [1.82, 2.24) is 0 Å². The molecule has 0 spiro atoms. The quantitative estimate of drug-likeness (QED) is 0.841. The fourth-order valence-corrected chi connectivity index (χ4v) is 2.73. The van der Waals surface area contributed by atoms with E-state index in [9.17, 15) is 9.50 Å². The maximum atomic E-state index is 14.1. The van der Waals surface area contributed by atoms with Crippen LogP contribution in [0.4, 0.5) is 4.39 Å². The van der Waals surface area contributed by atoms with Crippen LogP contribution < -0.4 is 15.2 Å². The van der Waals surface area contributed by atoms with E-state index in [0.717, 1.165) is 19.3 Å². The van der Waals surface area contributed by atoms with Crippen LogP contribution >= 0.6 is 0 Å². The van der Waals surface area contributed by atoms with E-state index < -0.39 is 5.82 Å². The van der Waals surface area contributed by atoms with Gasteiger partial charge in [-0.3, -0.25) is 0 Å². The van der Waals surface area contributed by atoms with E-state index in [-0.39, 0.29) is 16.9 Å². The van der Waals surface area contributed by atoms with Gasteiger partial charge >= 0.3 is 0 Å². The number of fused-ring (bicyclic) bond motifs is 1. The molecule has 1 aromatic rings. The summed E-state index contributed by atoms with van der Waals surface area (Å²) in [5.41, 5.74) is 6.04. The third-order valence-electron chi connectivity index (χ3n) is 4.02. The zero-order valence-corrected chi connectivity index (χ0v) is 10.0. The number of phenols is 1. The molecule has 0 amide bonds. The summed E-state index contributed by atoms with van der Waals surface area (Å²) in [6, 6.07) is 1.68. The van der Waals surface area contributed by atoms with Crippen molar-refractivity contribution in [3.8, 4) is 17.2 Å². The number of hydrogen-bond acceptors (Lipinski definition) is 4. The normalized spacial score (nSPS) is 20.3. The molecule has 98 valence electrons. The van der Waals surface area contributed by atoms with Crippen molar-refractivity contribution in [3.63, 3.8) is 0 Å². The monoisotopic (exact) mass is 253 g/mol. The Hall–Kier alpha value is -1.49. The molecule has 1 saturated carbocycles. The first-order chi connectivity index (χ1) is 8.68. The first-order valence-corrected chi connectivity index (χ1v) is 6.19. The number of ether oxygens (including phenoxy) is 2. The van der Waals surface area contributed by atoms with Crippen molar-refractivity contribution in [3.05, 3.63) is 17.4 Å². The van der Waals surface area contributed by atoms with Gasteiger partial charge in [-0.15, -0.1) is 0 Å². The van der Waals surface area contributed by atoms with E-state index in [1.54, 1.807) is 6.07 Å². The lowest BCUT2D eigenvalue weighted by atomic mass is 9.64. The minimum absolute atomic E-state index is 0.00833. The van der Waals surface area contributed by atoms with Gasteiger partial charge in [0.05, 0.1) is 0 Å². The third-order valence-corrected chi connectivity index (χ3v) is 4.02. The SMILES string of the molecule is NCC1(c2cc3c(c(F)c2O)OCCO3)CCC1. The van der Waals surface area contributed by atoms with Crippen molar-refractivity contribution in [1.29, 1.82) is 0 Å². The Balaban J connectivity index is 2.13. The van der Waals surface area contributed by atoms with Gasteiger partial charge in [0, 0.05) is 17.5 Å². The van der Waals surface area contributed by atoms with Crippen LogP contribution in [0.25, 0.3) is 0 Å². The van der Waals surface area contributed by atoms with Gasteiger partial charge in [-0.25, -0.2) is 0 Å². The minimum atomic E-state index is -0.734. The summed E-state index contributed by atoms with van der Waals surface area (Å²) in [4.78, 5) is 0. The summed E-state index contributed by atoms with van der Waals surface area (Å²) in [6.07, 6.45) is 2.79. The highest BCUT2D eigenvalue weighted by molar-refractivity contribution is 5.55. The number of nitrogens with two attached hydrogens (primary N) is 1. The van der Waals surface area contributed by atoms with E-state index >= 15 is 0 Å². The smallest absolute Gasteiger partial charge is 0.210 e. The van der Waals surface area contributed by atoms with Gasteiger partial charge in [0.25, 0.3) is 0 Å². The molecule has 1 fully saturated rings. The standard InChI is InChI=1S/C13H16FNO3/c14-10-11(16)8(13(7-15)2-1-3-13)6-9-12(10)18-5-4-17-9/h6,16H,1-5,7,15H2. The molecule has 1 heterocycles. The topological polar surface area (TPSA) is 64.7 Å². The van der Waals surface area contributed by atoms with Gasteiger partial charge in [0.2, 0.25) is 11.6 Å². The molecule has 0 atom stereocenters. The average Bonchev–Trinajstić information content (AvgIpc) is 2.35. The number of rotatable bonds is 2. The molecule has 0 saturated heterocycles. The maximum Gasteiger partial charge on any atom is 0.210 e. The second kappa shape index (κ2) is 4.02. The molecule has 0 bridgehead atoms. The largest absolute Gasteiger partial charge is 0.505 e. The minimum Gasteiger partial charge on any atom is -0.505 e. The number of halogens is 1. The number of phenolic OH excluding ortho intramolecular Hbond substituents is 1. The van der Waals surface area contributed by atoms with Gasteiger partial charge in [-0.2, -0.15) is 4.39 Å². The number of hydrogen-bond donors (Lipinski definition) is 2. The van der Waals surface area contributed by atoms with Crippen LogP contribution in [0.1, 0.15) is 24.8 Å². The molecule has 3 N–H and O–H groups in total. The van der Waals surface area contributed by atoms with Crippen molar-refractivity contribution in [2.45, 2.75) is 24.7 Å². The lowest BCUT2D eigenvalue weighted by Gasteiger charge is -2.42. The first kappa shape index (κ1) is 11.6. The molecule has 1 aromatic carbocycles. The van der Waals surface area contributed by atoms with E-state index in [1.807, 2.05) is 0 Å². The zero-order valence-electron chi connectivity index (χ0n) is 10.0.